The number of carboxylic acid groups (broad SMARTS) is 2. The molecule has 3 heterocycles. The van der Waals surface area contributed by atoms with Crippen LogP contribution in [0.4, 0.5) is 13.2 Å². The van der Waals surface area contributed by atoms with E-state index in [0.717, 1.165) is 16.8 Å². The summed E-state index contributed by atoms with van der Waals surface area (Å²) in [5.74, 6) is -3.75. The summed E-state index contributed by atoms with van der Waals surface area (Å²) in [5, 5.41) is 20.8. The number of oxime groups is 1. The van der Waals surface area contributed by atoms with Crippen LogP contribution in [-0.4, -0.2) is 44.0 Å². The highest BCUT2D eigenvalue weighted by Gasteiger charge is 2.38. The topological polar surface area (TPSA) is 122 Å². The van der Waals surface area contributed by atoms with E-state index in [-0.39, 0.29) is 11.7 Å². The second-order valence-corrected chi connectivity index (χ2v) is 7.22. The molecule has 1 atom stereocenters. The molecule has 2 aromatic heterocycles. The van der Waals surface area contributed by atoms with Crippen LogP contribution < -0.4 is 0 Å². The van der Waals surface area contributed by atoms with Crippen LogP contribution in [0.1, 0.15) is 39.7 Å². The van der Waals surface area contributed by atoms with E-state index < -0.39 is 18.1 Å². The van der Waals surface area contributed by atoms with E-state index in [2.05, 4.69) is 15.1 Å². The Morgan fingerprint density at radius 3 is 2.29 bits per heavy atom. The Balaban J connectivity index is 0.000000406. The van der Waals surface area contributed by atoms with Gasteiger partial charge in [0.25, 0.3) is 0 Å². The molecule has 34 heavy (non-hydrogen) atoms. The van der Waals surface area contributed by atoms with Gasteiger partial charge in [0.15, 0.2) is 6.10 Å². The van der Waals surface area contributed by atoms with Crippen LogP contribution in [0, 0.1) is 6.92 Å². The van der Waals surface area contributed by atoms with Gasteiger partial charge in [-0.05, 0) is 48.9 Å². The molecule has 3 aromatic rings. The number of aromatic carboxylic acids is 1. The van der Waals surface area contributed by atoms with Crippen LogP contribution in [0.15, 0.2) is 66.1 Å². The van der Waals surface area contributed by atoms with E-state index in [1.54, 1.807) is 24.5 Å². The van der Waals surface area contributed by atoms with Crippen molar-refractivity contribution in [3.05, 3.63) is 83.3 Å². The molecule has 2 N–H and O–H groups in total. The van der Waals surface area contributed by atoms with Crippen molar-refractivity contribution >= 4 is 17.7 Å². The number of rotatable bonds is 4. The van der Waals surface area contributed by atoms with Crippen molar-refractivity contribution in [2.45, 2.75) is 25.6 Å². The standard InChI is InChI=1S/C21H17N3O3.C2HF3O2/c1-13-5-6-17(23-12-13)14-8-15(10-16(9-14)21(25)26)19-11-20(27-24-19)18-4-2-3-7-22-18;3-2(4,5)1(6)7/h2-10,12,20H,11H2,1H3,(H,25,26);(H,6,7)/t20-;/m1./s1. The molecule has 11 heteroatoms. The number of halogens is 3. The molecule has 0 unspecified atom stereocenters. The second-order valence-electron chi connectivity index (χ2n) is 7.22. The SMILES string of the molecule is Cc1ccc(-c2cc(C(=O)O)cc(C3=NO[C@@H](c4ccccn4)C3)c2)nc1.O=C(O)C(F)(F)F. The van der Waals surface area contributed by atoms with E-state index in [1.165, 1.54) is 0 Å². The Morgan fingerprint density at radius 1 is 1.03 bits per heavy atom. The van der Waals surface area contributed by atoms with Gasteiger partial charge in [-0.2, -0.15) is 13.2 Å². The minimum absolute atomic E-state index is 0.189. The maximum atomic E-state index is 11.6. The quantitative estimate of drug-likeness (QED) is 0.566. The monoisotopic (exact) mass is 473 g/mol. The molecule has 1 aliphatic rings. The van der Waals surface area contributed by atoms with Gasteiger partial charge in [0.1, 0.15) is 0 Å². The number of hydrogen-bond donors (Lipinski definition) is 2. The Labute approximate surface area is 191 Å². The Bertz CT molecular complexity index is 1210. The lowest BCUT2D eigenvalue weighted by molar-refractivity contribution is -0.192. The molecule has 0 aliphatic carbocycles. The summed E-state index contributed by atoms with van der Waals surface area (Å²) in [4.78, 5) is 34.7. The Morgan fingerprint density at radius 2 is 1.74 bits per heavy atom. The van der Waals surface area contributed by atoms with Crippen LogP contribution >= 0.6 is 0 Å². The molecule has 8 nitrogen and oxygen atoms in total. The molecule has 0 fully saturated rings. The van der Waals surface area contributed by atoms with Gasteiger partial charge in [-0.3, -0.25) is 9.97 Å². The zero-order valence-electron chi connectivity index (χ0n) is 17.7. The molecule has 0 amide bonds. The van der Waals surface area contributed by atoms with Crippen LogP contribution in [0.3, 0.4) is 0 Å². The number of carboxylic acids is 2. The molecular weight excluding hydrogens is 455 g/mol. The normalized spacial score (nSPS) is 14.9. The first-order valence-electron chi connectivity index (χ1n) is 9.80. The fourth-order valence-corrected chi connectivity index (χ4v) is 2.98. The number of hydrogen-bond acceptors (Lipinski definition) is 6. The van der Waals surface area contributed by atoms with Crippen molar-refractivity contribution in [3.63, 3.8) is 0 Å². The summed E-state index contributed by atoms with van der Waals surface area (Å²) in [5.41, 5.74) is 4.88. The molecule has 1 aromatic carbocycles. The summed E-state index contributed by atoms with van der Waals surface area (Å²) < 4.78 is 31.7. The molecular formula is C23H18F3N3O5. The Kier molecular flexibility index (Phi) is 7.24. The second kappa shape index (κ2) is 10.1. The number of aromatic nitrogens is 2. The van der Waals surface area contributed by atoms with Crippen molar-refractivity contribution in [2.75, 3.05) is 0 Å². The molecule has 0 saturated heterocycles. The summed E-state index contributed by atoms with van der Waals surface area (Å²) in [6, 6.07) is 14.6. The molecule has 1 aliphatic heterocycles. The van der Waals surface area contributed by atoms with Gasteiger partial charge in [-0.25, -0.2) is 9.59 Å². The average Bonchev–Trinajstić information content (AvgIpc) is 3.30. The van der Waals surface area contributed by atoms with E-state index >= 15 is 0 Å². The first-order chi connectivity index (χ1) is 16.0. The van der Waals surface area contributed by atoms with Gasteiger partial charge in [0.2, 0.25) is 0 Å². The van der Waals surface area contributed by atoms with Crippen molar-refractivity contribution in [1.29, 1.82) is 0 Å². The lowest BCUT2D eigenvalue weighted by atomic mass is 9.97. The maximum absolute atomic E-state index is 11.6. The number of benzene rings is 1. The number of pyridine rings is 2. The Hall–Kier alpha value is -4.28. The lowest BCUT2D eigenvalue weighted by Crippen LogP contribution is -2.21. The molecule has 0 radical (unpaired) electrons. The minimum Gasteiger partial charge on any atom is -0.478 e. The van der Waals surface area contributed by atoms with Gasteiger partial charge in [0, 0.05) is 29.9 Å². The largest absolute Gasteiger partial charge is 0.490 e. The third-order valence-electron chi connectivity index (χ3n) is 4.65. The zero-order chi connectivity index (χ0) is 24.9. The highest BCUT2D eigenvalue weighted by Crippen LogP contribution is 2.30. The number of nitrogens with zero attached hydrogens (tertiary/aromatic N) is 3. The summed E-state index contributed by atoms with van der Waals surface area (Å²) >= 11 is 0. The van der Waals surface area contributed by atoms with Crippen molar-refractivity contribution in [1.82, 2.24) is 9.97 Å². The molecule has 0 spiro atoms. The molecule has 176 valence electrons. The summed E-state index contributed by atoms with van der Waals surface area (Å²) in [6.07, 6.45) is -1.35. The van der Waals surface area contributed by atoms with Crippen molar-refractivity contribution < 1.29 is 37.8 Å². The van der Waals surface area contributed by atoms with Crippen LogP contribution in [0.25, 0.3) is 11.3 Å². The van der Waals surface area contributed by atoms with Gasteiger partial charge in [-0.15, -0.1) is 0 Å². The van der Waals surface area contributed by atoms with Gasteiger partial charge in [0.05, 0.1) is 22.7 Å². The molecule has 4 rings (SSSR count). The number of carbonyl (C=O) groups is 2. The first-order valence-corrected chi connectivity index (χ1v) is 9.80. The average molecular weight is 473 g/mol. The van der Waals surface area contributed by atoms with Gasteiger partial charge < -0.3 is 15.1 Å². The predicted octanol–water partition coefficient (Wildman–Crippen LogP) is 4.65. The third-order valence-corrected chi connectivity index (χ3v) is 4.65. The van der Waals surface area contributed by atoms with E-state index in [9.17, 15) is 23.1 Å². The minimum atomic E-state index is -5.08. The fourth-order valence-electron chi connectivity index (χ4n) is 2.98. The van der Waals surface area contributed by atoms with Crippen molar-refractivity contribution in [2.24, 2.45) is 5.16 Å². The lowest BCUT2D eigenvalue weighted by Gasteiger charge is -2.08. The maximum Gasteiger partial charge on any atom is 0.490 e. The number of aliphatic carboxylic acids is 1. The van der Waals surface area contributed by atoms with Crippen LogP contribution in [0.2, 0.25) is 0 Å². The van der Waals surface area contributed by atoms with E-state index in [1.807, 2.05) is 43.3 Å². The van der Waals surface area contributed by atoms with Gasteiger partial charge >= 0.3 is 18.1 Å². The highest BCUT2D eigenvalue weighted by atomic mass is 19.4. The first kappa shape index (κ1) is 24.4. The summed E-state index contributed by atoms with van der Waals surface area (Å²) in [6.45, 7) is 1.96. The number of alkyl halides is 3. The molecule has 0 saturated carbocycles. The zero-order valence-corrected chi connectivity index (χ0v) is 17.7. The summed E-state index contributed by atoms with van der Waals surface area (Å²) in [7, 11) is 0. The fraction of sp³-hybridized carbons (Fsp3) is 0.174. The molecule has 0 bridgehead atoms. The predicted molar refractivity (Wildman–Crippen MR) is 114 cm³/mol. The smallest absolute Gasteiger partial charge is 0.478 e. The third kappa shape index (κ3) is 6.15. The van der Waals surface area contributed by atoms with E-state index in [0.29, 0.717) is 23.4 Å². The van der Waals surface area contributed by atoms with E-state index in [4.69, 9.17) is 14.7 Å². The van der Waals surface area contributed by atoms with Gasteiger partial charge in [-0.1, -0.05) is 17.3 Å². The number of aryl methyl sites for hydroxylation is 1. The van der Waals surface area contributed by atoms with Crippen LogP contribution in [-0.2, 0) is 9.63 Å². The van der Waals surface area contributed by atoms with Crippen molar-refractivity contribution in [3.8, 4) is 11.3 Å². The highest BCUT2D eigenvalue weighted by molar-refractivity contribution is 6.04. The van der Waals surface area contributed by atoms with Crippen LogP contribution in [0.5, 0.6) is 0 Å².